The molecule has 15 heteroatoms. The van der Waals surface area contributed by atoms with Crippen LogP contribution in [0.15, 0.2) is 82.6 Å². The number of likely N-dealkylation sites (tertiary alicyclic amines) is 1. The number of hydrogen-bond acceptors (Lipinski definition) is 12. The van der Waals surface area contributed by atoms with Crippen molar-refractivity contribution in [3.05, 3.63) is 120 Å². The van der Waals surface area contributed by atoms with Crippen molar-refractivity contribution in [2.24, 2.45) is 0 Å². The molecule has 3 aromatic heterocycles. The maximum Gasteiger partial charge on any atom is 0.410 e. The van der Waals surface area contributed by atoms with Crippen LogP contribution in [0, 0.1) is 5.82 Å². The number of nitrogens with one attached hydrogen (secondary N) is 3. The van der Waals surface area contributed by atoms with E-state index in [0.717, 1.165) is 56.2 Å². The number of anilines is 1. The van der Waals surface area contributed by atoms with Crippen molar-refractivity contribution >= 4 is 56.2 Å². The number of hydrogen-bond donors (Lipinski definition) is 3. The number of benzene rings is 2. The lowest BCUT2D eigenvalue weighted by molar-refractivity contribution is -0.138. The van der Waals surface area contributed by atoms with E-state index in [4.69, 9.17) is 19.2 Å². The van der Waals surface area contributed by atoms with E-state index in [9.17, 15) is 18.8 Å². The minimum atomic E-state index is -0.754. The number of fused-ring (bicyclic) bond motifs is 2. The average Bonchev–Trinajstić information content (AvgIpc) is 4.03. The minimum absolute atomic E-state index is 0.0141. The first kappa shape index (κ1) is 40.2. The van der Waals surface area contributed by atoms with Crippen LogP contribution in [0.4, 0.5) is 15.0 Å². The van der Waals surface area contributed by atoms with Crippen molar-refractivity contribution in [1.29, 1.82) is 0 Å². The molecule has 1 unspecified atom stereocenters. The molecule has 1 amide bonds. The fourth-order valence-electron chi connectivity index (χ4n) is 8.43. The summed E-state index contributed by atoms with van der Waals surface area (Å²) in [5.41, 5.74) is 4.78. The van der Waals surface area contributed by atoms with E-state index in [-0.39, 0.29) is 23.3 Å². The van der Waals surface area contributed by atoms with Crippen LogP contribution in [0.25, 0.3) is 15.7 Å². The van der Waals surface area contributed by atoms with Gasteiger partial charge in [0.1, 0.15) is 28.0 Å². The van der Waals surface area contributed by atoms with Crippen molar-refractivity contribution in [1.82, 2.24) is 25.4 Å². The Morgan fingerprint density at radius 1 is 1.07 bits per heavy atom. The predicted molar refractivity (Wildman–Crippen MR) is 227 cm³/mol. The average molecular weight is 839 g/mol. The molecule has 8 rings (SSSR count). The number of thiophene rings is 1. The van der Waals surface area contributed by atoms with E-state index in [1.54, 1.807) is 37.3 Å². The molecule has 59 heavy (non-hydrogen) atoms. The summed E-state index contributed by atoms with van der Waals surface area (Å²) < 4.78 is 32.3. The van der Waals surface area contributed by atoms with Gasteiger partial charge >= 0.3 is 16.9 Å². The van der Waals surface area contributed by atoms with E-state index in [2.05, 4.69) is 33.0 Å². The van der Waals surface area contributed by atoms with E-state index in [0.29, 0.717) is 59.9 Å². The van der Waals surface area contributed by atoms with Crippen LogP contribution in [0.2, 0.25) is 0 Å². The maximum atomic E-state index is 14.6. The van der Waals surface area contributed by atoms with Crippen LogP contribution in [0.5, 0.6) is 5.75 Å². The Bertz CT molecular complexity index is 2520. The van der Waals surface area contributed by atoms with Gasteiger partial charge in [0, 0.05) is 34.6 Å². The van der Waals surface area contributed by atoms with Gasteiger partial charge in [0.2, 0.25) is 0 Å². The third kappa shape index (κ3) is 8.22. The number of amides is 1. The van der Waals surface area contributed by atoms with Crippen molar-refractivity contribution in [3.63, 3.8) is 0 Å². The highest BCUT2D eigenvalue weighted by atomic mass is 32.1. The predicted octanol–water partition coefficient (Wildman–Crippen LogP) is 8.64. The molecule has 2 aliphatic heterocycles. The highest BCUT2D eigenvalue weighted by Crippen LogP contribution is 2.50. The molecule has 308 valence electrons. The van der Waals surface area contributed by atoms with E-state index >= 15 is 0 Å². The molecule has 12 nitrogen and oxygen atoms in total. The summed E-state index contributed by atoms with van der Waals surface area (Å²) in [5, 5.41) is 15.8. The second kappa shape index (κ2) is 16.6. The van der Waals surface area contributed by atoms with Gasteiger partial charge in [-0.2, -0.15) is 5.10 Å². The third-order valence-electron chi connectivity index (χ3n) is 10.9. The van der Waals surface area contributed by atoms with E-state index in [1.165, 1.54) is 34.6 Å². The minimum Gasteiger partial charge on any atom is -0.496 e. The van der Waals surface area contributed by atoms with Gasteiger partial charge in [0.25, 0.3) is 0 Å². The molecule has 5 aromatic rings. The van der Waals surface area contributed by atoms with Crippen molar-refractivity contribution < 1.29 is 28.2 Å². The van der Waals surface area contributed by atoms with Crippen LogP contribution < -0.4 is 20.2 Å². The Labute approximate surface area is 349 Å². The molecular weight excluding hydrogens is 792 g/mol. The summed E-state index contributed by atoms with van der Waals surface area (Å²) in [6.07, 6.45) is 5.25. The van der Waals surface area contributed by atoms with Crippen molar-refractivity contribution in [2.45, 2.75) is 89.8 Å². The summed E-state index contributed by atoms with van der Waals surface area (Å²) in [7, 11) is 1.69. The number of aryl methyl sites for hydroxylation is 1. The molecule has 0 saturated carbocycles. The number of aromatic nitrogens is 3. The molecule has 2 aromatic carbocycles. The molecule has 5 heterocycles. The molecule has 0 spiro atoms. The number of allylic oxidation sites excluding steroid dienone is 2. The standard InChI is InChI=1S/C44H47FN6O6S2/c1-6-56-41(52)36-35(33-23-25-20-21-46-39(38(25)58-33)48-29-19-17-28-27(29)9-7-11-32(28)55-5)34(40-49-50-42(53)59-40)30(18-14-24-12-15-26(45)16-13-24)47-37(36)31-10-8-22-51(31)43(54)57-44(2,3)4/h7,9,11-13,15-16,20-21,23,29,31,35,47H,6,8,10,14,17-19,22H2,1-5H3,(H,46,48)(H,50,53)/t29-,31-,35?/m1/s1. The van der Waals surface area contributed by atoms with Crippen molar-refractivity contribution in [2.75, 3.05) is 25.6 Å². The quantitative estimate of drug-likeness (QED) is 0.111. The normalized spacial score (nSPS) is 19.2. The lowest BCUT2D eigenvalue weighted by atomic mass is 9.81. The summed E-state index contributed by atoms with van der Waals surface area (Å²) in [4.78, 5) is 48.2. The van der Waals surface area contributed by atoms with Crippen LogP contribution in [-0.4, -0.2) is 64.0 Å². The summed E-state index contributed by atoms with van der Waals surface area (Å²) in [6.45, 7) is 7.80. The van der Waals surface area contributed by atoms with Gasteiger partial charge in [0.05, 0.1) is 42.0 Å². The Hall–Kier alpha value is -5.54. The maximum absolute atomic E-state index is 14.6. The van der Waals surface area contributed by atoms with Crippen LogP contribution in [0.1, 0.15) is 91.9 Å². The largest absolute Gasteiger partial charge is 0.496 e. The first-order chi connectivity index (χ1) is 28.4. The van der Waals surface area contributed by atoms with Gasteiger partial charge in [0.15, 0.2) is 0 Å². The molecule has 1 aliphatic carbocycles. The molecule has 0 radical (unpaired) electrons. The number of pyridine rings is 1. The first-order valence-corrected chi connectivity index (χ1v) is 21.6. The molecule has 3 atom stereocenters. The van der Waals surface area contributed by atoms with Gasteiger partial charge < -0.3 is 24.8 Å². The summed E-state index contributed by atoms with van der Waals surface area (Å²) >= 11 is 2.47. The van der Waals surface area contributed by atoms with Gasteiger partial charge in [-0.05, 0) is 119 Å². The second-order valence-corrected chi connectivity index (χ2v) is 17.9. The number of rotatable bonds is 11. The third-order valence-corrected chi connectivity index (χ3v) is 12.9. The Morgan fingerprint density at radius 2 is 1.88 bits per heavy atom. The zero-order valence-electron chi connectivity index (χ0n) is 33.6. The van der Waals surface area contributed by atoms with Crippen LogP contribution in [0.3, 0.4) is 0 Å². The van der Waals surface area contributed by atoms with Gasteiger partial charge in [-0.3, -0.25) is 9.69 Å². The number of aromatic amines is 1. The number of carbonyl (C=O) groups excluding carboxylic acids is 2. The number of esters is 1. The van der Waals surface area contributed by atoms with Gasteiger partial charge in [-0.25, -0.2) is 24.1 Å². The number of ether oxygens (including phenoxy) is 3. The number of H-pyrrole nitrogens is 1. The molecule has 3 aliphatic rings. The Morgan fingerprint density at radius 3 is 2.61 bits per heavy atom. The molecule has 1 saturated heterocycles. The number of dihydropyridines is 1. The smallest absolute Gasteiger partial charge is 0.410 e. The SMILES string of the molecule is CCOC(=O)C1=C([C@H]2CCCN2C(=O)OC(C)(C)C)NC(CCc2ccc(F)cc2)=C(c2n[nH]c(=O)s2)C1c1cc2ccnc(N[C@@H]3CCc4c(OC)cccc43)c2s1. The first-order valence-electron chi connectivity index (χ1n) is 19.9. The molecule has 1 fully saturated rings. The number of halogens is 1. The Kier molecular flexibility index (Phi) is 11.3. The number of methoxy groups -OCH3 is 1. The van der Waals surface area contributed by atoms with E-state index in [1.807, 2.05) is 39.0 Å². The highest BCUT2D eigenvalue weighted by Gasteiger charge is 2.45. The topological polar surface area (TPSA) is 148 Å². The van der Waals surface area contributed by atoms with Crippen molar-refractivity contribution in [3.8, 4) is 5.75 Å². The fourth-order valence-corrected chi connectivity index (χ4v) is 10.4. The van der Waals surface area contributed by atoms with Gasteiger partial charge in [-0.15, -0.1) is 11.3 Å². The molecular formula is C44H47FN6O6S2. The summed E-state index contributed by atoms with van der Waals surface area (Å²) in [5.74, 6) is -0.0361. The Balaban J connectivity index is 1.30. The zero-order chi connectivity index (χ0) is 41.4. The summed E-state index contributed by atoms with van der Waals surface area (Å²) in [6, 6.07) is 16.0. The van der Waals surface area contributed by atoms with Crippen LogP contribution in [-0.2, 0) is 27.1 Å². The lowest BCUT2D eigenvalue weighted by Crippen LogP contribution is -2.45. The second-order valence-electron chi connectivity index (χ2n) is 15.9. The molecule has 0 bridgehead atoms. The highest BCUT2D eigenvalue weighted by molar-refractivity contribution is 7.20. The number of carbonyl (C=O) groups is 2. The van der Waals surface area contributed by atoms with Crippen LogP contribution >= 0.6 is 22.7 Å². The lowest BCUT2D eigenvalue weighted by Gasteiger charge is -2.37. The molecule has 3 N–H and O–H groups in total. The fraction of sp³-hybridized carbons (Fsp3) is 0.386. The van der Waals surface area contributed by atoms with E-state index < -0.39 is 29.6 Å². The number of nitrogens with zero attached hydrogens (tertiary/aromatic N) is 3. The van der Waals surface area contributed by atoms with Gasteiger partial charge in [-0.1, -0.05) is 35.6 Å². The monoisotopic (exact) mass is 838 g/mol. The zero-order valence-corrected chi connectivity index (χ0v) is 35.3.